The fraction of sp³-hybridized carbons (Fsp3) is 0.167. The Hall–Kier alpha value is -3.36. The molecule has 39 heavy (non-hydrogen) atoms. The lowest BCUT2D eigenvalue weighted by atomic mass is 10.1. The summed E-state index contributed by atoms with van der Waals surface area (Å²) in [7, 11) is -4.05. The number of fused-ring (bicyclic) bond motifs is 3. The summed E-state index contributed by atoms with van der Waals surface area (Å²) >= 11 is 12.7. The number of para-hydroxylation sites is 1. The molecule has 0 atom stereocenters. The van der Waals surface area contributed by atoms with Crippen molar-refractivity contribution in [2.45, 2.75) is 31.8 Å². The third-order valence-corrected chi connectivity index (χ3v) is 9.26. The van der Waals surface area contributed by atoms with Gasteiger partial charge in [-0.25, -0.2) is 8.42 Å². The molecule has 1 aromatic heterocycles. The van der Waals surface area contributed by atoms with Crippen LogP contribution in [0.3, 0.4) is 0 Å². The second-order valence-corrected chi connectivity index (χ2v) is 12.1. The molecule has 5 rings (SSSR count). The number of nitrogens with one attached hydrogen (secondary N) is 1. The van der Waals surface area contributed by atoms with E-state index in [0.29, 0.717) is 21.3 Å². The van der Waals surface area contributed by atoms with Gasteiger partial charge in [-0.05, 0) is 62.4 Å². The van der Waals surface area contributed by atoms with Crippen LogP contribution in [0.5, 0.6) is 0 Å². The van der Waals surface area contributed by atoms with E-state index in [2.05, 4.69) is 28.9 Å². The van der Waals surface area contributed by atoms with Crippen molar-refractivity contribution in [2.75, 3.05) is 11.9 Å². The van der Waals surface area contributed by atoms with Crippen LogP contribution in [0, 0.1) is 6.92 Å². The topological polar surface area (TPSA) is 71.4 Å². The predicted molar refractivity (Wildman–Crippen MR) is 159 cm³/mol. The average Bonchev–Trinajstić information content (AvgIpc) is 3.23. The molecule has 0 unspecified atom stereocenters. The molecular formula is C30H27Cl2N3O3S. The van der Waals surface area contributed by atoms with Crippen LogP contribution in [-0.4, -0.2) is 29.7 Å². The second-order valence-electron chi connectivity index (χ2n) is 9.33. The van der Waals surface area contributed by atoms with Crippen molar-refractivity contribution in [1.82, 2.24) is 8.87 Å². The minimum atomic E-state index is -4.05. The van der Waals surface area contributed by atoms with E-state index in [1.165, 1.54) is 12.1 Å². The van der Waals surface area contributed by atoms with E-state index in [9.17, 15) is 13.2 Å². The van der Waals surface area contributed by atoms with Crippen LogP contribution in [0.2, 0.25) is 10.0 Å². The summed E-state index contributed by atoms with van der Waals surface area (Å²) in [5.74, 6) is -0.479. The number of hydrogen-bond acceptors (Lipinski definition) is 3. The predicted octanol–water partition coefficient (Wildman–Crippen LogP) is 7.26. The zero-order valence-electron chi connectivity index (χ0n) is 21.5. The quantitative estimate of drug-likeness (QED) is 0.210. The first-order valence-electron chi connectivity index (χ1n) is 12.5. The largest absolute Gasteiger partial charge is 0.341 e. The standard InChI is InChI=1S/C30H27Cl2N3O3S/c1-3-35-28-10-5-4-7-23(28)24-17-21(13-16-29(24)35)33-30(36)19-34(18-25-26(31)8-6-9-27(25)32)39(37,38)22-14-11-20(2)12-15-22/h4-17H,3,18-19H2,1-2H3,(H,33,36). The molecule has 1 N–H and O–H groups in total. The van der Waals surface area contributed by atoms with E-state index in [4.69, 9.17) is 23.2 Å². The summed E-state index contributed by atoms with van der Waals surface area (Å²) < 4.78 is 30.7. The summed E-state index contributed by atoms with van der Waals surface area (Å²) in [4.78, 5) is 13.4. The van der Waals surface area contributed by atoms with Gasteiger partial charge < -0.3 is 9.88 Å². The van der Waals surface area contributed by atoms with Gasteiger partial charge in [-0.1, -0.05) is 65.2 Å². The van der Waals surface area contributed by atoms with Crippen molar-refractivity contribution in [3.05, 3.63) is 106 Å². The Bertz CT molecular complexity index is 1780. The van der Waals surface area contributed by atoms with Crippen molar-refractivity contribution >= 4 is 66.6 Å². The smallest absolute Gasteiger partial charge is 0.243 e. The normalized spacial score (nSPS) is 11.9. The van der Waals surface area contributed by atoms with Gasteiger partial charge in [0, 0.05) is 56.2 Å². The molecule has 0 spiro atoms. The van der Waals surface area contributed by atoms with Crippen LogP contribution in [0.25, 0.3) is 21.8 Å². The lowest BCUT2D eigenvalue weighted by molar-refractivity contribution is -0.116. The van der Waals surface area contributed by atoms with Crippen LogP contribution in [0.4, 0.5) is 5.69 Å². The molecule has 4 aromatic carbocycles. The Kier molecular flexibility index (Phi) is 7.69. The van der Waals surface area contributed by atoms with Crippen LogP contribution < -0.4 is 5.32 Å². The monoisotopic (exact) mass is 579 g/mol. The SMILES string of the molecule is CCn1c2ccccc2c2cc(NC(=O)CN(Cc3c(Cl)cccc3Cl)S(=O)(=O)c3ccc(C)cc3)ccc21. The maximum absolute atomic E-state index is 13.7. The molecule has 0 saturated carbocycles. The van der Waals surface area contributed by atoms with E-state index in [0.717, 1.165) is 38.2 Å². The number of carbonyl (C=O) groups is 1. The van der Waals surface area contributed by atoms with E-state index < -0.39 is 22.5 Å². The molecule has 1 amide bonds. The number of halogens is 2. The molecule has 0 saturated heterocycles. The Morgan fingerprint density at radius 2 is 1.54 bits per heavy atom. The fourth-order valence-electron chi connectivity index (χ4n) is 4.78. The highest BCUT2D eigenvalue weighted by atomic mass is 35.5. The lowest BCUT2D eigenvalue weighted by Gasteiger charge is -2.23. The highest BCUT2D eigenvalue weighted by molar-refractivity contribution is 7.89. The first-order valence-corrected chi connectivity index (χ1v) is 14.7. The number of nitrogens with zero attached hydrogens (tertiary/aromatic N) is 2. The van der Waals surface area contributed by atoms with E-state index in [1.807, 2.05) is 37.3 Å². The molecule has 0 radical (unpaired) electrons. The van der Waals surface area contributed by atoms with Gasteiger partial charge in [-0.3, -0.25) is 4.79 Å². The van der Waals surface area contributed by atoms with Crippen LogP contribution in [0.1, 0.15) is 18.1 Å². The van der Waals surface area contributed by atoms with Gasteiger partial charge >= 0.3 is 0 Å². The molecule has 0 aliphatic carbocycles. The van der Waals surface area contributed by atoms with Gasteiger partial charge in [-0.2, -0.15) is 4.31 Å². The summed E-state index contributed by atoms with van der Waals surface area (Å²) in [6.07, 6.45) is 0. The van der Waals surface area contributed by atoms with Crippen LogP contribution >= 0.6 is 23.2 Å². The third kappa shape index (κ3) is 5.40. The highest BCUT2D eigenvalue weighted by Gasteiger charge is 2.28. The van der Waals surface area contributed by atoms with Gasteiger partial charge in [0.15, 0.2) is 0 Å². The summed E-state index contributed by atoms with van der Waals surface area (Å²) in [5.41, 5.74) is 4.11. The number of anilines is 1. The van der Waals surface area contributed by atoms with E-state index in [1.54, 1.807) is 30.3 Å². The summed E-state index contributed by atoms with van der Waals surface area (Å²) in [5, 5.41) is 5.63. The molecule has 0 fully saturated rings. The van der Waals surface area contributed by atoms with Gasteiger partial charge in [0.05, 0.1) is 11.4 Å². The van der Waals surface area contributed by atoms with Crippen LogP contribution in [0.15, 0.2) is 89.8 Å². The highest BCUT2D eigenvalue weighted by Crippen LogP contribution is 2.32. The molecule has 0 aliphatic heterocycles. The number of rotatable bonds is 8. The Morgan fingerprint density at radius 1 is 0.872 bits per heavy atom. The van der Waals surface area contributed by atoms with Gasteiger partial charge in [-0.15, -0.1) is 0 Å². The van der Waals surface area contributed by atoms with E-state index >= 15 is 0 Å². The van der Waals surface area contributed by atoms with Crippen molar-refractivity contribution in [3.8, 4) is 0 Å². The van der Waals surface area contributed by atoms with Crippen LogP contribution in [-0.2, 0) is 27.9 Å². The van der Waals surface area contributed by atoms with Crippen molar-refractivity contribution in [3.63, 3.8) is 0 Å². The Morgan fingerprint density at radius 3 is 2.23 bits per heavy atom. The van der Waals surface area contributed by atoms with Crippen molar-refractivity contribution in [2.24, 2.45) is 0 Å². The molecule has 9 heteroatoms. The Labute approximate surface area is 237 Å². The number of hydrogen-bond donors (Lipinski definition) is 1. The number of sulfonamides is 1. The first kappa shape index (κ1) is 27.2. The number of carbonyl (C=O) groups excluding carboxylic acids is 1. The maximum Gasteiger partial charge on any atom is 0.243 e. The molecule has 0 bridgehead atoms. The number of aromatic nitrogens is 1. The zero-order valence-corrected chi connectivity index (χ0v) is 23.8. The molecule has 200 valence electrons. The molecular weight excluding hydrogens is 553 g/mol. The molecule has 0 aliphatic rings. The number of aryl methyl sites for hydroxylation is 2. The van der Waals surface area contributed by atoms with Gasteiger partial charge in [0.2, 0.25) is 15.9 Å². The zero-order chi connectivity index (χ0) is 27.7. The third-order valence-electron chi connectivity index (χ3n) is 6.75. The molecule has 5 aromatic rings. The maximum atomic E-state index is 13.7. The van der Waals surface area contributed by atoms with E-state index in [-0.39, 0.29) is 11.4 Å². The average molecular weight is 581 g/mol. The van der Waals surface area contributed by atoms with Gasteiger partial charge in [0.25, 0.3) is 0 Å². The first-order chi connectivity index (χ1) is 18.7. The lowest BCUT2D eigenvalue weighted by Crippen LogP contribution is -2.37. The fourth-order valence-corrected chi connectivity index (χ4v) is 6.66. The molecule has 6 nitrogen and oxygen atoms in total. The van der Waals surface area contributed by atoms with Crippen molar-refractivity contribution in [1.29, 1.82) is 0 Å². The minimum absolute atomic E-state index is 0.0814. The molecule has 1 heterocycles. The van der Waals surface area contributed by atoms with Gasteiger partial charge in [0.1, 0.15) is 0 Å². The Balaban J connectivity index is 1.47. The number of amides is 1. The number of benzene rings is 4. The summed E-state index contributed by atoms with van der Waals surface area (Å²) in [6.45, 7) is 4.19. The van der Waals surface area contributed by atoms with Crippen molar-refractivity contribution < 1.29 is 13.2 Å². The minimum Gasteiger partial charge on any atom is -0.341 e. The summed E-state index contributed by atoms with van der Waals surface area (Å²) in [6, 6.07) is 25.3. The second kappa shape index (κ2) is 11.0.